The maximum Gasteiger partial charge on any atom is 0 e. The van der Waals surface area contributed by atoms with Gasteiger partial charge in [-0.05, 0) is 0 Å². The van der Waals surface area contributed by atoms with Gasteiger partial charge in [-0.15, -0.1) is 0 Å². The Bertz CT molecular complexity index is 321. The quantitative estimate of drug-likeness (QED) is 0.647. The summed E-state index contributed by atoms with van der Waals surface area (Å²) in [6.07, 6.45) is 0. The molecule has 2 N–H and O–H groups in total. The second-order valence-corrected chi connectivity index (χ2v) is 3.10. The molecule has 0 bridgehead atoms. The van der Waals surface area contributed by atoms with Crippen LogP contribution in [0.1, 0.15) is 10.4 Å². The molecule has 1 amide bonds. The molecule has 0 fully saturated rings. The van der Waals surface area contributed by atoms with Crippen molar-refractivity contribution in [3.05, 3.63) is 28.8 Å². The van der Waals surface area contributed by atoms with Crippen molar-refractivity contribution in [3.8, 4) is 5.75 Å². The van der Waals surface area contributed by atoms with Crippen molar-refractivity contribution < 1.29 is 28.3 Å². The number of hydrogen-bond donors (Lipinski definition) is 1. The van der Waals surface area contributed by atoms with Crippen LogP contribution in [0.4, 0.5) is 0 Å². The van der Waals surface area contributed by atoms with Crippen molar-refractivity contribution in [2.45, 2.75) is 0 Å². The van der Waals surface area contributed by atoms with Gasteiger partial charge in [-0.25, -0.2) is 0 Å². The summed E-state index contributed by atoms with van der Waals surface area (Å²) < 4.78 is 4.99. The van der Waals surface area contributed by atoms with E-state index in [1.54, 1.807) is 12.1 Å². The van der Waals surface area contributed by atoms with Crippen molar-refractivity contribution in [2.75, 3.05) is 0 Å². The van der Waals surface area contributed by atoms with Crippen molar-refractivity contribution in [1.29, 1.82) is 0 Å². The topological polar surface area (TPSA) is 52.3 Å². The van der Waals surface area contributed by atoms with Crippen LogP contribution in [0.2, 0.25) is 5.02 Å². The Morgan fingerprint density at radius 2 is 2.15 bits per heavy atom. The predicted octanol–water partition coefficient (Wildman–Crippen LogP) is 0.899. The molecule has 1 aromatic carbocycles. The predicted molar refractivity (Wildman–Crippen MR) is 46.4 cm³/mol. The summed E-state index contributed by atoms with van der Waals surface area (Å²) in [5, 5.41) is 0.406. The van der Waals surface area contributed by atoms with Gasteiger partial charge in [0.25, 0.3) is 0 Å². The van der Waals surface area contributed by atoms with Gasteiger partial charge in [0.1, 0.15) is 0 Å². The fourth-order valence-corrected chi connectivity index (χ4v) is 1.65. The van der Waals surface area contributed by atoms with Crippen LogP contribution in [0.15, 0.2) is 18.2 Å². The molecule has 0 saturated carbocycles. The first-order chi connectivity index (χ1) is 5.65. The molecular weight excluding hydrogens is 470 g/mol. The van der Waals surface area contributed by atoms with Gasteiger partial charge >= 0.3 is 88.6 Å². The number of amides is 1. The number of hydrogen-bond acceptors (Lipinski definition) is 2. The molecule has 6 heteroatoms. The molecule has 0 heterocycles. The molecule has 68 valence electrons. The Morgan fingerprint density at radius 3 is 2.54 bits per heavy atom. The number of benzene rings is 1. The maximum absolute atomic E-state index is 10.7. The molecule has 0 unspecified atom stereocenters. The summed E-state index contributed by atoms with van der Waals surface area (Å²) in [6.45, 7) is 0. The van der Waals surface area contributed by atoms with E-state index < -0.39 is 5.91 Å². The van der Waals surface area contributed by atoms with Gasteiger partial charge in [0.05, 0.1) is 0 Å². The number of carbonyl (C=O) groups excluding carboxylic acids is 1. The van der Waals surface area contributed by atoms with Crippen molar-refractivity contribution in [2.24, 2.45) is 5.73 Å². The van der Waals surface area contributed by atoms with E-state index in [4.69, 9.17) is 20.4 Å². The van der Waals surface area contributed by atoms with Gasteiger partial charge in [-0.3, -0.25) is 0 Å². The van der Waals surface area contributed by atoms with Crippen LogP contribution in [-0.2, 0) is 20.4 Å². The molecule has 0 aliphatic carbocycles. The van der Waals surface area contributed by atoms with Gasteiger partial charge in [0, 0.05) is 20.4 Å². The molecule has 1 aromatic rings. The van der Waals surface area contributed by atoms with E-state index in [0.29, 0.717) is 16.3 Å². The van der Waals surface area contributed by atoms with Crippen LogP contribution in [-0.4, -0.2) is 28.8 Å². The van der Waals surface area contributed by atoms with E-state index in [1.807, 2.05) is 0 Å². The molecule has 0 aromatic heterocycles. The molecule has 0 atom stereocenters. The minimum absolute atomic E-state index is 0. The SMILES string of the molecule is NC(=O)c1ccc([O][Sn])c(Cl)c1.[Re]. The summed E-state index contributed by atoms with van der Waals surface area (Å²) in [5.41, 5.74) is 5.43. The molecule has 3 nitrogen and oxygen atoms in total. The number of rotatable bonds is 2. The zero-order chi connectivity index (χ0) is 9.14. The van der Waals surface area contributed by atoms with E-state index in [1.165, 1.54) is 6.07 Å². The number of primary amides is 1. The third-order valence-electron chi connectivity index (χ3n) is 1.33. The maximum atomic E-state index is 10.7. The molecule has 1 rings (SSSR count). The number of carbonyl (C=O) groups is 1. The first kappa shape index (κ1) is 13.2. The van der Waals surface area contributed by atoms with Crippen LogP contribution in [0.25, 0.3) is 0 Å². The fraction of sp³-hybridized carbons (Fsp3) is 0. The molecule has 0 spiro atoms. The van der Waals surface area contributed by atoms with Crippen LogP contribution >= 0.6 is 11.6 Å². The van der Waals surface area contributed by atoms with Crippen LogP contribution in [0.3, 0.4) is 0 Å². The minimum atomic E-state index is -0.493. The van der Waals surface area contributed by atoms with E-state index in [-0.39, 0.29) is 20.4 Å². The second kappa shape index (κ2) is 5.86. The van der Waals surface area contributed by atoms with E-state index in [9.17, 15) is 4.79 Å². The minimum Gasteiger partial charge on any atom is 0 e. The van der Waals surface area contributed by atoms with Crippen molar-refractivity contribution in [3.63, 3.8) is 0 Å². The molecular formula is C7H5ClNO2ReSn. The van der Waals surface area contributed by atoms with Crippen molar-refractivity contribution >= 4 is 40.4 Å². The smallest absolute Gasteiger partial charge is 0 e. The van der Waals surface area contributed by atoms with Gasteiger partial charge in [0.15, 0.2) is 0 Å². The van der Waals surface area contributed by atoms with E-state index >= 15 is 0 Å². The van der Waals surface area contributed by atoms with Crippen molar-refractivity contribution in [1.82, 2.24) is 0 Å². The van der Waals surface area contributed by atoms with E-state index in [2.05, 4.69) is 0 Å². The summed E-state index contributed by atoms with van der Waals surface area (Å²) in [4.78, 5) is 10.7. The second-order valence-electron chi connectivity index (χ2n) is 2.11. The Kier molecular flexibility index (Phi) is 5.97. The Balaban J connectivity index is 0.00000144. The van der Waals surface area contributed by atoms with Gasteiger partial charge in [0.2, 0.25) is 0 Å². The molecule has 13 heavy (non-hydrogen) atoms. The number of nitrogens with two attached hydrogens (primary N) is 1. The molecule has 0 aliphatic rings. The van der Waals surface area contributed by atoms with Gasteiger partial charge in [-0.2, -0.15) is 0 Å². The summed E-state index contributed by atoms with van der Waals surface area (Å²) >= 11 is 6.65. The van der Waals surface area contributed by atoms with Gasteiger partial charge in [-0.1, -0.05) is 0 Å². The summed E-state index contributed by atoms with van der Waals surface area (Å²) in [7, 11) is 0. The third kappa shape index (κ3) is 3.47. The van der Waals surface area contributed by atoms with E-state index in [0.717, 1.165) is 22.9 Å². The Labute approximate surface area is 108 Å². The average molecular weight is 475 g/mol. The molecule has 4 radical (unpaired) electrons. The standard InChI is InChI=1S/C7H6ClNO2.Re.Sn/c8-5-3-4(7(9)11)1-2-6(5)10;;/h1-3,10H,(H2,9,11);;/q;;+1/p-1. The first-order valence-corrected chi connectivity index (χ1v) is 4.62. The van der Waals surface area contributed by atoms with Crippen LogP contribution in [0.5, 0.6) is 5.75 Å². The molecule has 0 saturated heterocycles. The molecule has 0 aliphatic heterocycles. The van der Waals surface area contributed by atoms with Crippen LogP contribution < -0.4 is 8.81 Å². The average Bonchev–Trinajstić information content (AvgIpc) is 2.04. The summed E-state index contributed by atoms with van der Waals surface area (Å²) in [5.74, 6) is 0.0763. The number of halogens is 1. The largest absolute Gasteiger partial charge is 0 e. The monoisotopic (exact) mass is 477 g/mol. The Morgan fingerprint density at radius 1 is 1.54 bits per heavy atom. The zero-order valence-corrected chi connectivity index (χ0v) is 12.7. The zero-order valence-electron chi connectivity index (χ0n) is 6.38. The van der Waals surface area contributed by atoms with Crippen LogP contribution in [0, 0.1) is 0 Å². The van der Waals surface area contributed by atoms with Gasteiger partial charge < -0.3 is 0 Å². The summed E-state index contributed by atoms with van der Waals surface area (Å²) in [6, 6.07) is 4.69. The fourth-order valence-electron chi connectivity index (χ4n) is 0.737. The first-order valence-electron chi connectivity index (χ1n) is 3.08. The third-order valence-corrected chi connectivity index (χ3v) is 2.25. The Hall–Kier alpha value is 0.241. The normalized spacial score (nSPS) is 8.77.